The van der Waals surface area contributed by atoms with Crippen LogP contribution in [-0.2, 0) is 9.53 Å². The second-order valence-electron chi connectivity index (χ2n) is 4.30. The van der Waals surface area contributed by atoms with Crippen LogP contribution in [0.25, 0.3) is 0 Å². The predicted octanol–water partition coefficient (Wildman–Crippen LogP) is 2.84. The Kier molecular flexibility index (Phi) is 4.84. The molecule has 7 nitrogen and oxygen atoms in total. The van der Waals surface area contributed by atoms with E-state index in [2.05, 4.69) is 5.32 Å². The van der Waals surface area contributed by atoms with Gasteiger partial charge in [-0.25, -0.2) is 4.79 Å². The van der Waals surface area contributed by atoms with Crippen molar-refractivity contribution in [1.29, 1.82) is 0 Å². The number of para-hydroxylation sites is 1. The molecule has 0 bridgehead atoms. The van der Waals surface area contributed by atoms with Gasteiger partial charge in [-0.1, -0.05) is 29.5 Å². The molecule has 0 saturated heterocycles. The van der Waals surface area contributed by atoms with E-state index in [1.807, 2.05) is 6.07 Å². The van der Waals surface area contributed by atoms with Gasteiger partial charge < -0.3 is 10.1 Å². The van der Waals surface area contributed by atoms with Gasteiger partial charge in [-0.05, 0) is 25.1 Å². The van der Waals surface area contributed by atoms with Gasteiger partial charge in [0.05, 0.1) is 4.92 Å². The van der Waals surface area contributed by atoms with Crippen molar-refractivity contribution in [2.75, 3.05) is 5.32 Å². The first-order chi connectivity index (χ1) is 10.5. The Hall–Kier alpha value is -2.74. The molecular formula is C14H12N2O5S. The molecule has 0 saturated carbocycles. The first-order valence-corrected chi connectivity index (χ1v) is 7.10. The summed E-state index contributed by atoms with van der Waals surface area (Å²) >= 11 is 0.701. The van der Waals surface area contributed by atoms with Crippen LogP contribution >= 0.6 is 11.3 Å². The molecule has 0 aliphatic rings. The summed E-state index contributed by atoms with van der Waals surface area (Å²) in [6, 6.07) is 11.3. The molecule has 1 atom stereocenters. The van der Waals surface area contributed by atoms with E-state index in [1.165, 1.54) is 19.1 Å². The Morgan fingerprint density at radius 3 is 2.50 bits per heavy atom. The number of rotatable bonds is 5. The van der Waals surface area contributed by atoms with E-state index < -0.39 is 22.9 Å². The molecule has 2 aromatic rings. The number of carbonyl (C=O) groups is 2. The zero-order valence-electron chi connectivity index (χ0n) is 11.5. The fourth-order valence-corrected chi connectivity index (χ4v) is 2.28. The number of carbonyl (C=O) groups excluding carboxylic acids is 2. The summed E-state index contributed by atoms with van der Waals surface area (Å²) in [5.74, 6) is -1.25. The Morgan fingerprint density at radius 2 is 1.91 bits per heavy atom. The number of amides is 1. The van der Waals surface area contributed by atoms with Gasteiger partial charge in [0.15, 0.2) is 6.10 Å². The minimum Gasteiger partial charge on any atom is -0.448 e. The lowest BCUT2D eigenvalue weighted by Gasteiger charge is -2.12. The van der Waals surface area contributed by atoms with Crippen molar-refractivity contribution in [3.8, 4) is 0 Å². The minimum atomic E-state index is -1.02. The van der Waals surface area contributed by atoms with Crippen LogP contribution in [0.1, 0.15) is 16.6 Å². The van der Waals surface area contributed by atoms with Crippen LogP contribution < -0.4 is 5.32 Å². The van der Waals surface area contributed by atoms with E-state index >= 15 is 0 Å². The van der Waals surface area contributed by atoms with Crippen LogP contribution in [0.5, 0.6) is 0 Å². The number of thiophene rings is 1. The molecule has 0 aliphatic heterocycles. The third kappa shape index (κ3) is 3.89. The lowest BCUT2D eigenvalue weighted by atomic mass is 10.3. The van der Waals surface area contributed by atoms with Gasteiger partial charge in [0.1, 0.15) is 4.88 Å². The van der Waals surface area contributed by atoms with Gasteiger partial charge >= 0.3 is 11.0 Å². The fraction of sp³-hybridized carbons (Fsp3) is 0.143. The maximum absolute atomic E-state index is 11.9. The molecule has 1 N–H and O–H groups in total. The van der Waals surface area contributed by atoms with E-state index in [1.54, 1.807) is 24.3 Å². The third-order valence-electron chi connectivity index (χ3n) is 2.67. The van der Waals surface area contributed by atoms with Crippen molar-refractivity contribution in [2.24, 2.45) is 0 Å². The molecule has 0 aliphatic carbocycles. The molecule has 0 unspecified atom stereocenters. The van der Waals surface area contributed by atoms with Crippen molar-refractivity contribution in [2.45, 2.75) is 13.0 Å². The van der Waals surface area contributed by atoms with Crippen LogP contribution in [0, 0.1) is 10.1 Å². The lowest BCUT2D eigenvalue weighted by molar-refractivity contribution is -0.380. The van der Waals surface area contributed by atoms with Gasteiger partial charge in [0, 0.05) is 11.8 Å². The zero-order valence-corrected chi connectivity index (χ0v) is 12.3. The van der Waals surface area contributed by atoms with E-state index in [9.17, 15) is 19.7 Å². The number of nitro groups is 1. The number of hydrogen-bond acceptors (Lipinski definition) is 6. The summed E-state index contributed by atoms with van der Waals surface area (Å²) in [6.45, 7) is 1.43. The molecule has 1 aromatic carbocycles. The summed E-state index contributed by atoms with van der Waals surface area (Å²) in [7, 11) is 0. The van der Waals surface area contributed by atoms with Gasteiger partial charge in [0.2, 0.25) is 0 Å². The molecule has 1 aromatic heterocycles. The average Bonchev–Trinajstić information content (AvgIpc) is 2.98. The number of hydrogen-bond donors (Lipinski definition) is 1. The van der Waals surface area contributed by atoms with Crippen molar-refractivity contribution >= 4 is 33.9 Å². The number of ether oxygens (including phenoxy) is 1. The monoisotopic (exact) mass is 320 g/mol. The number of esters is 1. The quantitative estimate of drug-likeness (QED) is 0.519. The van der Waals surface area contributed by atoms with Crippen molar-refractivity contribution in [1.82, 2.24) is 0 Å². The average molecular weight is 320 g/mol. The van der Waals surface area contributed by atoms with Gasteiger partial charge in [-0.15, -0.1) is 0 Å². The molecule has 114 valence electrons. The standard InChI is InChI=1S/C14H12N2O5S/c1-9(13(17)15-10-5-3-2-4-6-10)21-14(18)11-7-8-12(22-11)16(19)20/h2-9H,1H3,(H,15,17)/t9-/m1/s1. The summed E-state index contributed by atoms with van der Waals surface area (Å²) < 4.78 is 5.00. The molecule has 2 rings (SSSR count). The number of anilines is 1. The molecule has 0 radical (unpaired) electrons. The van der Waals surface area contributed by atoms with E-state index in [0.717, 1.165) is 0 Å². The van der Waals surface area contributed by atoms with E-state index in [0.29, 0.717) is 17.0 Å². The second kappa shape index (κ2) is 6.81. The highest BCUT2D eigenvalue weighted by molar-refractivity contribution is 7.17. The smallest absolute Gasteiger partial charge is 0.349 e. The molecule has 1 amide bonds. The zero-order chi connectivity index (χ0) is 16.1. The summed E-state index contributed by atoms with van der Waals surface area (Å²) in [6.07, 6.45) is -1.02. The van der Waals surface area contributed by atoms with Crippen LogP contribution in [0.2, 0.25) is 0 Å². The van der Waals surface area contributed by atoms with Gasteiger partial charge in [-0.3, -0.25) is 14.9 Å². The normalized spacial score (nSPS) is 11.5. The molecular weight excluding hydrogens is 308 g/mol. The topological polar surface area (TPSA) is 98.5 Å². The van der Waals surface area contributed by atoms with Gasteiger partial charge in [-0.2, -0.15) is 0 Å². The van der Waals surface area contributed by atoms with Crippen LogP contribution in [-0.4, -0.2) is 22.9 Å². The maximum atomic E-state index is 11.9. The number of benzene rings is 1. The first-order valence-electron chi connectivity index (χ1n) is 6.28. The molecule has 0 spiro atoms. The summed E-state index contributed by atoms with van der Waals surface area (Å²) in [5.41, 5.74) is 0.585. The summed E-state index contributed by atoms with van der Waals surface area (Å²) in [4.78, 5) is 33.8. The van der Waals surface area contributed by atoms with Crippen LogP contribution in [0.4, 0.5) is 10.7 Å². The Balaban J connectivity index is 1.95. The highest BCUT2D eigenvalue weighted by atomic mass is 32.1. The van der Waals surface area contributed by atoms with E-state index in [-0.39, 0.29) is 9.88 Å². The Bertz CT molecular complexity index is 698. The third-order valence-corrected chi connectivity index (χ3v) is 3.68. The highest BCUT2D eigenvalue weighted by Gasteiger charge is 2.22. The number of nitrogens with zero attached hydrogens (tertiary/aromatic N) is 1. The fourth-order valence-electron chi connectivity index (χ4n) is 1.57. The Morgan fingerprint density at radius 1 is 1.23 bits per heavy atom. The molecule has 0 fully saturated rings. The van der Waals surface area contributed by atoms with E-state index in [4.69, 9.17) is 4.74 Å². The van der Waals surface area contributed by atoms with Crippen molar-refractivity contribution in [3.63, 3.8) is 0 Å². The number of nitrogens with one attached hydrogen (secondary N) is 1. The largest absolute Gasteiger partial charge is 0.448 e. The minimum absolute atomic E-state index is 0.0751. The SMILES string of the molecule is C[C@@H](OC(=O)c1ccc([N+](=O)[O-])s1)C(=O)Nc1ccccc1. The summed E-state index contributed by atoms with van der Waals surface area (Å²) in [5, 5.41) is 13.0. The predicted molar refractivity (Wildman–Crippen MR) is 80.9 cm³/mol. The van der Waals surface area contributed by atoms with Crippen molar-refractivity contribution in [3.05, 3.63) is 57.5 Å². The van der Waals surface area contributed by atoms with Crippen molar-refractivity contribution < 1.29 is 19.2 Å². The lowest BCUT2D eigenvalue weighted by Crippen LogP contribution is -2.29. The molecule has 8 heteroatoms. The highest BCUT2D eigenvalue weighted by Crippen LogP contribution is 2.24. The second-order valence-corrected chi connectivity index (χ2v) is 5.36. The first kappa shape index (κ1) is 15.6. The maximum Gasteiger partial charge on any atom is 0.349 e. The molecule has 1 heterocycles. The van der Waals surface area contributed by atoms with Crippen LogP contribution in [0.15, 0.2) is 42.5 Å². The Labute approximate surface area is 129 Å². The van der Waals surface area contributed by atoms with Crippen LogP contribution in [0.3, 0.4) is 0 Å². The van der Waals surface area contributed by atoms with Gasteiger partial charge in [0.25, 0.3) is 5.91 Å². The molecule has 22 heavy (non-hydrogen) atoms.